The van der Waals surface area contributed by atoms with Gasteiger partial charge >= 0.3 is 0 Å². The van der Waals surface area contributed by atoms with Crippen molar-refractivity contribution < 1.29 is 4.42 Å². The Morgan fingerprint density at radius 3 is 2.90 bits per heavy atom. The molecule has 2 unspecified atom stereocenters. The van der Waals surface area contributed by atoms with E-state index >= 15 is 0 Å². The fourth-order valence-corrected chi connectivity index (χ4v) is 3.14. The lowest BCUT2D eigenvalue weighted by Gasteiger charge is -2.36. The first-order chi connectivity index (χ1) is 9.59. The summed E-state index contributed by atoms with van der Waals surface area (Å²) in [5, 5.41) is 1.14. The number of amidine groups is 1. The van der Waals surface area contributed by atoms with Crippen molar-refractivity contribution in [1.82, 2.24) is 0 Å². The predicted molar refractivity (Wildman–Crippen MR) is 82.5 cm³/mol. The van der Waals surface area contributed by atoms with Crippen LogP contribution in [-0.4, -0.2) is 17.6 Å². The number of aliphatic imine (C=N–C) groups is 2. The minimum atomic E-state index is -0.154. The van der Waals surface area contributed by atoms with Crippen molar-refractivity contribution >= 4 is 28.6 Å². The Morgan fingerprint density at radius 2 is 2.05 bits per heavy atom. The highest BCUT2D eigenvalue weighted by molar-refractivity contribution is 6.21. The SMILES string of the molecule is CC1=NC(C)C2(C)C=Cc3oc4ccccc4c3C2=N1. The van der Waals surface area contributed by atoms with Gasteiger partial charge in [-0.25, -0.2) is 4.99 Å². The fourth-order valence-electron chi connectivity index (χ4n) is 3.14. The molecule has 2 aliphatic rings. The average Bonchev–Trinajstić information content (AvgIpc) is 2.79. The minimum absolute atomic E-state index is 0.154. The smallest absolute Gasteiger partial charge is 0.137 e. The zero-order chi connectivity index (χ0) is 13.9. The van der Waals surface area contributed by atoms with Crippen LogP contribution in [0.5, 0.6) is 0 Å². The monoisotopic (exact) mass is 264 g/mol. The highest BCUT2D eigenvalue weighted by Crippen LogP contribution is 2.42. The van der Waals surface area contributed by atoms with Gasteiger partial charge in [0.25, 0.3) is 0 Å². The number of rotatable bonds is 0. The summed E-state index contributed by atoms with van der Waals surface area (Å²) in [6, 6.07) is 8.34. The van der Waals surface area contributed by atoms with Crippen LogP contribution in [0, 0.1) is 5.41 Å². The number of hydrogen-bond acceptors (Lipinski definition) is 3. The maximum absolute atomic E-state index is 5.95. The number of furan rings is 1. The van der Waals surface area contributed by atoms with Crippen LogP contribution in [0.25, 0.3) is 17.0 Å². The van der Waals surface area contributed by atoms with E-state index < -0.39 is 0 Å². The summed E-state index contributed by atoms with van der Waals surface area (Å²) in [5.41, 5.74) is 2.98. The molecule has 4 rings (SSSR count). The molecule has 0 saturated heterocycles. The molecule has 0 amide bonds. The van der Waals surface area contributed by atoms with Crippen LogP contribution in [0.15, 0.2) is 44.7 Å². The molecule has 2 heterocycles. The normalized spacial score (nSPS) is 27.9. The summed E-state index contributed by atoms with van der Waals surface area (Å²) in [7, 11) is 0. The summed E-state index contributed by atoms with van der Waals surface area (Å²) in [5.74, 6) is 1.75. The van der Waals surface area contributed by atoms with Crippen molar-refractivity contribution in [3.63, 3.8) is 0 Å². The molecule has 0 saturated carbocycles. The van der Waals surface area contributed by atoms with Gasteiger partial charge in [0.1, 0.15) is 17.2 Å². The molecule has 1 aromatic heterocycles. The van der Waals surface area contributed by atoms with Crippen molar-refractivity contribution in [3.05, 3.63) is 41.7 Å². The van der Waals surface area contributed by atoms with E-state index in [1.165, 1.54) is 0 Å². The number of benzene rings is 1. The molecule has 3 nitrogen and oxygen atoms in total. The van der Waals surface area contributed by atoms with Gasteiger partial charge in [-0.05, 0) is 32.9 Å². The van der Waals surface area contributed by atoms with Crippen LogP contribution >= 0.6 is 0 Å². The zero-order valence-electron chi connectivity index (χ0n) is 11.8. The Morgan fingerprint density at radius 1 is 1.25 bits per heavy atom. The molecule has 100 valence electrons. The van der Waals surface area contributed by atoms with Crippen LogP contribution in [0.2, 0.25) is 0 Å². The lowest BCUT2D eigenvalue weighted by molar-refractivity contribution is 0.477. The molecule has 0 radical (unpaired) electrons. The highest BCUT2D eigenvalue weighted by Gasteiger charge is 2.42. The maximum atomic E-state index is 5.95. The largest absolute Gasteiger partial charge is 0.456 e. The van der Waals surface area contributed by atoms with Gasteiger partial charge in [-0.1, -0.05) is 24.3 Å². The molecule has 0 N–H and O–H groups in total. The summed E-state index contributed by atoms with van der Waals surface area (Å²) in [6.07, 6.45) is 4.25. The van der Waals surface area contributed by atoms with E-state index in [0.29, 0.717) is 0 Å². The molecule has 0 spiro atoms. The highest BCUT2D eigenvalue weighted by atomic mass is 16.3. The average molecular weight is 264 g/mol. The van der Waals surface area contributed by atoms with Crippen LogP contribution in [0.1, 0.15) is 32.1 Å². The maximum Gasteiger partial charge on any atom is 0.137 e. The van der Waals surface area contributed by atoms with Gasteiger partial charge in [-0.15, -0.1) is 0 Å². The third-order valence-corrected chi connectivity index (χ3v) is 4.47. The van der Waals surface area contributed by atoms with Crippen molar-refractivity contribution in [2.24, 2.45) is 15.4 Å². The molecule has 1 aliphatic heterocycles. The van der Waals surface area contributed by atoms with E-state index in [1.807, 2.05) is 25.1 Å². The first-order valence-corrected chi connectivity index (χ1v) is 6.94. The van der Waals surface area contributed by atoms with E-state index in [-0.39, 0.29) is 11.5 Å². The third kappa shape index (κ3) is 1.35. The molecule has 0 bridgehead atoms. The van der Waals surface area contributed by atoms with E-state index in [4.69, 9.17) is 9.41 Å². The first kappa shape index (κ1) is 11.6. The Bertz CT molecular complexity index is 810. The lowest BCUT2D eigenvalue weighted by atomic mass is 9.72. The molecule has 1 aromatic carbocycles. The Hall–Kier alpha value is -2.16. The predicted octanol–water partition coefficient (Wildman–Crippen LogP) is 4.08. The Kier molecular flexibility index (Phi) is 2.15. The quantitative estimate of drug-likeness (QED) is 0.706. The molecule has 2 atom stereocenters. The van der Waals surface area contributed by atoms with Crippen molar-refractivity contribution in [2.45, 2.75) is 26.8 Å². The van der Waals surface area contributed by atoms with Gasteiger partial charge in [0.05, 0.1) is 22.7 Å². The van der Waals surface area contributed by atoms with Crippen LogP contribution < -0.4 is 0 Å². The summed E-state index contributed by atoms with van der Waals surface area (Å²) >= 11 is 0. The van der Waals surface area contributed by atoms with Crippen LogP contribution in [-0.2, 0) is 0 Å². The second kappa shape index (κ2) is 3.69. The minimum Gasteiger partial charge on any atom is -0.456 e. The Labute approximate surface area is 117 Å². The lowest BCUT2D eigenvalue weighted by Crippen LogP contribution is -2.41. The summed E-state index contributed by atoms with van der Waals surface area (Å²) in [6.45, 7) is 6.31. The van der Waals surface area contributed by atoms with Crippen molar-refractivity contribution in [3.8, 4) is 0 Å². The van der Waals surface area contributed by atoms with Gasteiger partial charge < -0.3 is 4.42 Å². The number of para-hydroxylation sites is 1. The third-order valence-electron chi connectivity index (χ3n) is 4.47. The molecule has 2 aromatic rings. The van der Waals surface area contributed by atoms with Gasteiger partial charge in [-0.2, -0.15) is 0 Å². The molecule has 3 heteroatoms. The molecular weight excluding hydrogens is 248 g/mol. The molecule has 0 fully saturated rings. The van der Waals surface area contributed by atoms with E-state index in [2.05, 4.69) is 37.1 Å². The van der Waals surface area contributed by atoms with Crippen LogP contribution in [0.3, 0.4) is 0 Å². The van der Waals surface area contributed by atoms with Gasteiger partial charge in [-0.3, -0.25) is 4.99 Å². The van der Waals surface area contributed by atoms with Crippen molar-refractivity contribution in [1.29, 1.82) is 0 Å². The number of hydrogen-bond donors (Lipinski definition) is 0. The summed E-state index contributed by atoms with van der Waals surface area (Å²) in [4.78, 5) is 9.37. The van der Waals surface area contributed by atoms with Crippen LogP contribution in [0.4, 0.5) is 0 Å². The van der Waals surface area contributed by atoms with E-state index in [0.717, 1.165) is 33.8 Å². The second-order valence-corrected chi connectivity index (χ2v) is 5.77. The van der Waals surface area contributed by atoms with Gasteiger partial charge in [0.2, 0.25) is 0 Å². The first-order valence-electron chi connectivity index (χ1n) is 6.94. The zero-order valence-corrected chi connectivity index (χ0v) is 11.8. The van der Waals surface area contributed by atoms with Gasteiger partial charge in [0.15, 0.2) is 0 Å². The molecular formula is C17H16N2O. The van der Waals surface area contributed by atoms with E-state index in [9.17, 15) is 0 Å². The topological polar surface area (TPSA) is 37.9 Å². The number of fused-ring (bicyclic) bond motifs is 5. The van der Waals surface area contributed by atoms with E-state index in [1.54, 1.807) is 0 Å². The molecule has 20 heavy (non-hydrogen) atoms. The second-order valence-electron chi connectivity index (χ2n) is 5.77. The molecule has 1 aliphatic carbocycles. The standard InChI is InChI=1S/C17H16N2O/c1-10-17(3)9-8-14-15(16(17)19-11(2)18-10)12-6-4-5-7-13(12)20-14/h4-10H,1-3H3. The fraction of sp³-hybridized carbons (Fsp3) is 0.294. The van der Waals surface area contributed by atoms with Gasteiger partial charge in [0, 0.05) is 5.39 Å². The van der Waals surface area contributed by atoms with Crippen molar-refractivity contribution in [2.75, 3.05) is 0 Å². The number of nitrogens with zero attached hydrogens (tertiary/aromatic N) is 2. The Balaban J connectivity index is 2.08. The summed E-state index contributed by atoms with van der Waals surface area (Å²) < 4.78 is 5.95.